The second-order valence-electron chi connectivity index (χ2n) is 7.62. The monoisotopic (exact) mass is 875 g/mol. The van der Waals surface area contributed by atoms with E-state index >= 15 is 0 Å². The Balaban J connectivity index is -0.000000209. The number of rotatable bonds is 6. The Bertz CT molecular complexity index is 1480. The van der Waals surface area contributed by atoms with E-state index in [2.05, 4.69) is 5.32 Å². The van der Waals surface area contributed by atoms with Gasteiger partial charge in [0, 0.05) is 0 Å². The first kappa shape index (κ1) is 60.2. The third kappa shape index (κ3) is 13.6. The van der Waals surface area contributed by atoms with E-state index in [1.807, 2.05) is 0 Å². The van der Waals surface area contributed by atoms with E-state index in [4.69, 9.17) is 0 Å². The van der Waals surface area contributed by atoms with Crippen molar-refractivity contribution in [2.45, 2.75) is 51.6 Å². The summed E-state index contributed by atoms with van der Waals surface area (Å²) in [5.41, 5.74) is -12.3. The van der Waals surface area contributed by atoms with Crippen molar-refractivity contribution < 1.29 is 187 Å². The van der Waals surface area contributed by atoms with Crippen LogP contribution in [0.2, 0.25) is 0 Å². The van der Waals surface area contributed by atoms with Crippen LogP contribution in [0.15, 0.2) is 0 Å². The molecular formula is C11H6F22Li3N3O8S4+2. The molecule has 0 atom stereocenters. The Morgan fingerprint density at radius 2 is 0.608 bits per heavy atom. The molecule has 0 aromatic carbocycles. The topological polar surface area (TPSA) is 175 Å². The zero-order chi connectivity index (χ0) is 40.0. The summed E-state index contributed by atoms with van der Waals surface area (Å²) >= 11 is 0. The average Bonchev–Trinajstić information content (AvgIpc) is 2.74. The first-order valence-electron chi connectivity index (χ1n) is 9.46. The summed E-state index contributed by atoms with van der Waals surface area (Å²) in [4.78, 5) is 0. The predicted molar refractivity (Wildman–Crippen MR) is 104 cm³/mol. The predicted octanol–water partition coefficient (Wildman–Crippen LogP) is -4.89. The summed E-state index contributed by atoms with van der Waals surface area (Å²) in [6.07, 6.45) is -13.9. The van der Waals surface area contributed by atoms with Gasteiger partial charge in [0.2, 0.25) is 0 Å². The van der Waals surface area contributed by atoms with Crippen molar-refractivity contribution in [1.82, 2.24) is 8.25 Å². The van der Waals surface area contributed by atoms with E-state index in [1.54, 1.807) is 0 Å². The number of piperidine rings is 1. The van der Waals surface area contributed by atoms with Crippen LogP contribution in [-0.2, 0) is 40.1 Å². The van der Waals surface area contributed by atoms with Crippen LogP contribution in [0, 0.1) is 0 Å². The van der Waals surface area contributed by atoms with E-state index in [0.717, 1.165) is 0 Å². The first-order valence-corrected chi connectivity index (χ1v) is 15.4. The van der Waals surface area contributed by atoms with Gasteiger partial charge in [-0.05, 0) is 0 Å². The zero-order valence-electron chi connectivity index (χ0n) is 23.6. The van der Waals surface area contributed by atoms with Gasteiger partial charge in [0.25, 0.3) is 31.9 Å². The molecule has 11 nitrogen and oxygen atoms in total. The van der Waals surface area contributed by atoms with Gasteiger partial charge in [0.05, 0.1) is 0 Å². The smallest absolute Gasteiger partial charge is 0.652 e. The van der Waals surface area contributed by atoms with Crippen molar-refractivity contribution in [2.75, 3.05) is 13.1 Å². The number of hydrogen-bond acceptors (Lipinski definition) is 8. The van der Waals surface area contributed by atoms with Gasteiger partial charge in [0.15, 0.2) is 0 Å². The van der Waals surface area contributed by atoms with E-state index < -0.39 is 113 Å². The summed E-state index contributed by atoms with van der Waals surface area (Å²) in [6, 6.07) is 0. The van der Waals surface area contributed by atoms with Gasteiger partial charge in [-0.15, -0.1) is 0 Å². The molecule has 1 heterocycles. The van der Waals surface area contributed by atoms with Gasteiger partial charge < -0.3 is 5.32 Å². The van der Waals surface area contributed by atoms with Gasteiger partial charge in [-0.3, -0.25) is 0 Å². The van der Waals surface area contributed by atoms with Crippen molar-refractivity contribution in [3.63, 3.8) is 0 Å². The molecule has 40 heteroatoms. The number of alkyl halides is 22. The molecule has 0 saturated carbocycles. The maximum Gasteiger partial charge on any atom is 1.00 e. The van der Waals surface area contributed by atoms with Crippen molar-refractivity contribution in [2.24, 2.45) is 0 Å². The second kappa shape index (κ2) is 17.4. The van der Waals surface area contributed by atoms with E-state index in [9.17, 15) is 130 Å². The first-order chi connectivity index (χ1) is 20.1. The Labute approximate surface area is 304 Å². The molecule has 0 aromatic rings. The summed E-state index contributed by atoms with van der Waals surface area (Å²) in [5.74, 6) is -14.8. The second-order valence-corrected chi connectivity index (χ2v) is 14.9. The number of sulfonamides is 4. The molecule has 0 aromatic heterocycles. The molecule has 292 valence electrons. The van der Waals surface area contributed by atoms with Gasteiger partial charge in [-0.1, -0.05) is 21.3 Å². The summed E-state index contributed by atoms with van der Waals surface area (Å²) in [7, 11) is -28.2. The third-order valence-electron chi connectivity index (χ3n) is 3.92. The molecule has 1 aliphatic heterocycles. The van der Waals surface area contributed by atoms with E-state index in [1.165, 1.54) is 0 Å². The molecule has 51 heavy (non-hydrogen) atoms. The van der Waals surface area contributed by atoms with Crippen LogP contribution >= 0.6 is 0 Å². The standard InChI is InChI=1S/C5H4F6N.C4HF10NO4S2.C2HF6NO4S2.3Li/c6-3(7)1-12-2-4(8,9)5(3,10)11;5-1(6,7)3(11,12)20(16,17)15-21(18,19)4(13,14)2(8,9)10;3-1(4,5)14(10,11)9-15(12,13)2(6,7)8;;;/h1-2H2;15H;9H;;;/q-1;;;3*+1. The zero-order valence-corrected chi connectivity index (χ0v) is 26.8. The minimum atomic E-state index is -7.49. The van der Waals surface area contributed by atoms with Crippen molar-refractivity contribution in [3.05, 3.63) is 5.32 Å². The molecule has 0 aliphatic carbocycles. The quantitative estimate of drug-likeness (QED) is 0.198. The third-order valence-corrected chi connectivity index (χ3v) is 10.5. The fraction of sp³-hybridized carbons (Fsp3) is 1.00. The molecule has 1 aliphatic rings. The fourth-order valence-electron chi connectivity index (χ4n) is 1.60. The molecule has 1 saturated heterocycles. The average molecular weight is 875 g/mol. The Kier molecular flexibility index (Phi) is 20.5. The molecule has 0 amide bonds. The van der Waals surface area contributed by atoms with Crippen LogP contribution in [0.25, 0.3) is 5.32 Å². The number of hydrogen-bond donors (Lipinski definition) is 2. The van der Waals surface area contributed by atoms with Crippen LogP contribution < -0.4 is 64.8 Å². The fourth-order valence-corrected chi connectivity index (χ4v) is 6.11. The van der Waals surface area contributed by atoms with E-state index in [-0.39, 0.29) is 56.6 Å². The van der Waals surface area contributed by atoms with Gasteiger partial charge in [-0.25, -0.2) is 51.2 Å². The Hall–Kier alpha value is -0.0678. The van der Waals surface area contributed by atoms with Crippen LogP contribution in [0.1, 0.15) is 0 Å². The summed E-state index contributed by atoms with van der Waals surface area (Å²) in [6.45, 7) is -3.09. The van der Waals surface area contributed by atoms with Gasteiger partial charge in [-0.2, -0.15) is 79.0 Å². The van der Waals surface area contributed by atoms with Crippen molar-refractivity contribution in [3.8, 4) is 0 Å². The molecule has 0 bridgehead atoms. The van der Waals surface area contributed by atoms with Crippen LogP contribution in [0.3, 0.4) is 0 Å². The van der Waals surface area contributed by atoms with Crippen LogP contribution in [0.4, 0.5) is 96.6 Å². The van der Waals surface area contributed by atoms with Crippen molar-refractivity contribution in [1.29, 1.82) is 0 Å². The largest absolute Gasteiger partial charge is 1.00 e. The van der Waals surface area contributed by atoms with Crippen LogP contribution in [-0.4, -0.2) is 98.4 Å². The minimum Gasteiger partial charge on any atom is -0.652 e. The summed E-state index contributed by atoms with van der Waals surface area (Å²) in [5, 5.41) is -11.3. The molecule has 0 unspecified atom stereocenters. The maximum absolute atomic E-state index is 12.4. The minimum absolute atomic E-state index is 0. The number of halogens is 22. The molecule has 0 radical (unpaired) electrons. The Morgan fingerprint density at radius 3 is 0.765 bits per heavy atom. The van der Waals surface area contributed by atoms with Crippen LogP contribution in [0.5, 0.6) is 0 Å². The molecule has 2 N–H and O–H groups in total. The maximum atomic E-state index is 12.4. The molecule has 1 rings (SSSR count). The van der Waals surface area contributed by atoms with Crippen molar-refractivity contribution >= 4 is 40.1 Å². The molecule has 1 fully saturated rings. The van der Waals surface area contributed by atoms with Gasteiger partial charge in [0.1, 0.15) is 0 Å². The van der Waals surface area contributed by atoms with E-state index in [0.29, 0.717) is 0 Å². The summed E-state index contributed by atoms with van der Waals surface area (Å²) < 4.78 is 341. The normalized spacial score (nSPS) is 18.5. The van der Waals surface area contributed by atoms with Gasteiger partial charge >= 0.3 is 116 Å². The number of nitrogens with one attached hydrogen (secondary N) is 2. The molecule has 0 spiro atoms. The number of nitrogens with zero attached hydrogens (tertiary/aromatic N) is 1. The molecular weight excluding hydrogens is 869 g/mol. The Morgan fingerprint density at radius 1 is 0.412 bits per heavy atom. The SMILES string of the molecule is FC1(F)C[N-]CC(F)(F)C1(F)F.O=S(=O)(NS(=O)(=O)C(F)(F)C(F)(F)F)C(F)(F)C(F)(F)F.O=S(=O)(NS(=O)(=O)C(F)(F)F)C(F)(F)F.[Li+].[Li+].[Li+].